The van der Waals surface area contributed by atoms with Gasteiger partial charge in [0.25, 0.3) is 0 Å². The van der Waals surface area contributed by atoms with Crippen molar-refractivity contribution in [1.29, 1.82) is 0 Å². The molecule has 2 unspecified atom stereocenters. The van der Waals surface area contributed by atoms with E-state index in [2.05, 4.69) is 19.2 Å². The van der Waals surface area contributed by atoms with Crippen molar-refractivity contribution in [2.24, 2.45) is 5.92 Å². The second kappa shape index (κ2) is 9.90. The van der Waals surface area contributed by atoms with Crippen LogP contribution in [0.25, 0.3) is 0 Å². The zero-order valence-corrected chi connectivity index (χ0v) is 11.8. The summed E-state index contributed by atoms with van der Waals surface area (Å²) < 4.78 is 6.00. The molecule has 102 valence electrons. The molecule has 0 heterocycles. The van der Waals surface area contributed by atoms with Gasteiger partial charge in [0.1, 0.15) is 0 Å². The van der Waals surface area contributed by atoms with E-state index in [0.29, 0.717) is 6.10 Å². The van der Waals surface area contributed by atoms with Crippen LogP contribution in [0.15, 0.2) is 0 Å². The van der Waals surface area contributed by atoms with Crippen molar-refractivity contribution in [2.75, 3.05) is 19.7 Å². The maximum absolute atomic E-state index is 6.00. The van der Waals surface area contributed by atoms with Gasteiger partial charge in [0.15, 0.2) is 0 Å². The first-order valence-corrected chi connectivity index (χ1v) is 7.67. The predicted octanol–water partition coefficient (Wildman–Crippen LogP) is 3.75. The first-order valence-electron chi connectivity index (χ1n) is 7.67. The molecule has 0 saturated heterocycles. The van der Waals surface area contributed by atoms with Crippen molar-refractivity contribution in [1.82, 2.24) is 5.32 Å². The summed E-state index contributed by atoms with van der Waals surface area (Å²) in [5.74, 6) is 0.787. The van der Waals surface area contributed by atoms with Gasteiger partial charge >= 0.3 is 0 Å². The van der Waals surface area contributed by atoms with Crippen molar-refractivity contribution in [3.05, 3.63) is 0 Å². The smallest absolute Gasteiger partial charge is 0.0600 e. The van der Waals surface area contributed by atoms with Gasteiger partial charge in [-0.1, -0.05) is 26.7 Å². The Labute approximate surface area is 108 Å². The molecule has 2 nitrogen and oxygen atoms in total. The van der Waals surface area contributed by atoms with Crippen molar-refractivity contribution < 1.29 is 4.74 Å². The Bertz CT molecular complexity index is 172. The Morgan fingerprint density at radius 3 is 2.65 bits per heavy atom. The van der Waals surface area contributed by atoms with Gasteiger partial charge in [0.2, 0.25) is 0 Å². The van der Waals surface area contributed by atoms with Gasteiger partial charge in [0.05, 0.1) is 6.10 Å². The molecule has 0 amide bonds. The summed E-state index contributed by atoms with van der Waals surface area (Å²) in [5, 5.41) is 3.44. The minimum Gasteiger partial charge on any atom is -0.378 e. The average molecular weight is 241 g/mol. The lowest BCUT2D eigenvalue weighted by Gasteiger charge is -2.28. The summed E-state index contributed by atoms with van der Waals surface area (Å²) in [6.07, 6.45) is 11.1. The van der Waals surface area contributed by atoms with E-state index >= 15 is 0 Å². The molecule has 2 atom stereocenters. The van der Waals surface area contributed by atoms with Gasteiger partial charge in [-0.15, -0.1) is 0 Å². The van der Waals surface area contributed by atoms with Gasteiger partial charge in [-0.05, 0) is 57.5 Å². The molecule has 0 aromatic rings. The Morgan fingerprint density at radius 1 is 1.06 bits per heavy atom. The van der Waals surface area contributed by atoms with Crippen LogP contribution in [0.3, 0.4) is 0 Å². The Balaban J connectivity index is 1.86. The monoisotopic (exact) mass is 241 g/mol. The number of nitrogens with one attached hydrogen (secondary N) is 1. The van der Waals surface area contributed by atoms with Crippen LogP contribution in [0.2, 0.25) is 0 Å². The second-order valence-corrected chi connectivity index (χ2v) is 5.48. The van der Waals surface area contributed by atoms with Crippen LogP contribution >= 0.6 is 0 Å². The van der Waals surface area contributed by atoms with E-state index in [0.717, 1.165) is 19.1 Å². The van der Waals surface area contributed by atoms with E-state index in [4.69, 9.17) is 4.74 Å². The lowest BCUT2D eigenvalue weighted by molar-refractivity contribution is -0.00651. The van der Waals surface area contributed by atoms with Crippen molar-refractivity contribution in [2.45, 2.75) is 71.3 Å². The topological polar surface area (TPSA) is 21.3 Å². The van der Waals surface area contributed by atoms with Crippen LogP contribution in [-0.4, -0.2) is 25.8 Å². The molecule has 0 bridgehead atoms. The number of unbranched alkanes of at least 4 members (excludes halogenated alkanes) is 2. The molecule has 0 aromatic heterocycles. The third kappa shape index (κ3) is 7.05. The molecule has 2 heteroatoms. The number of ether oxygens (including phenoxy) is 1. The fourth-order valence-corrected chi connectivity index (χ4v) is 2.60. The van der Waals surface area contributed by atoms with Crippen LogP contribution in [0.5, 0.6) is 0 Å². The first-order chi connectivity index (χ1) is 8.34. The molecule has 1 aliphatic carbocycles. The molecule has 17 heavy (non-hydrogen) atoms. The fraction of sp³-hybridized carbons (Fsp3) is 1.00. The fourth-order valence-electron chi connectivity index (χ4n) is 2.60. The summed E-state index contributed by atoms with van der Waals surface area (Å²) in [7, 11) is 0. The van der Waals surface area contributed by atoms with Gasteiger partial charge in [-0.2, -0.15) is 0 Å². The second-order valence-electron chi connectivity index (χ2n) is 5.48. The lowest BCUT2D eigenvalue weighted by Crippen LogP contribution is -2.26. The molecule has 1 rings (SSSR count). The maximum Gasteiger partial charge on any atom is 0.0600 e. The third-order valence-corrected chi connectivity index (χ3v) is 3.79. The molecular weight excluding hydrogens is 210 g/mol. The normalized spacial score (nSPS) is 25.1. The Hall–Kier alpha value is -0.0800. The number of hydrogen-bond donors (Lipinski definition) is 1. The summed E-state index contributed by atoms with van der Waals surface area (Å²) >= 11 is 0. The zero-order chi connectivity index (χ0) is 12.3. The molecule has 0 aliphatic heterocycles. The van der Waals surface area contributed by atoms with Gasteiger partial charge in [-0.25, -0.2) is 0 Å². The number of hydrogen-bond acceptors (Lipinski definition) is 2. The van der Waals surface area contributed by atoms with Crippen LogP contribution < -0.4 is 5.32 Å². The minimum absolute atomic E-state index is 0.557. The van der Waals surface area contributed by atoms with Crippen LogP contribution in [0, 0.1) is 5.92 Å². The van der Waals surface area contributed by atoms with E-state index in [1.54, 1.807) is 0 Å². The molecule has 1 fully saturated rings. The first kappa shape index (κ1) is 15.0. The summed E-state index contributed by atoms with van der Waals surface area (Å²) in [4.78, 5) is 0. The largest absolute Gasteiger partial charge is 0.378 e. The van der Waals surface area contributed by atoms with Crippen LogP contribution in [0.4, 0.5) is 0 Å². The zero-order valence-electron chi connectivity index (χ0n) is 11.8. The summed E-state index contributed by atoms with van der Waals surface area (Å²) in [6, 6.07) is 0. The third-order valence-electron chi connectivity index (χ3n) is 3.79. The van der Waals surface area contributed by atoms with E-state index in [-0.39, 0.29) is 0 Å². The minimum atomic E-state index is 0.557. The summed E-state index contributed by atoms with van der Waals surface area (Å²) in [6.45, 7) is 7.87. The molecule has 0 aromatic carbocycles. The molecule has 1 N–H and O–H groups in total. The SMILES string of the molecule is CCCNCCCCCOC1CCCCC1C. The van der Waals surface area contributed by atoms with E-state index in [1.807, 2.05) is 0 Å². The number of rotatable bonds is 9. The highest BCUT2D eigenvalue weighted by molar-refractivity contribution is 4.72. The van der Waals surface area contributed by atoms with Gasteiger partial charge < -0.3 is 10.1 Å². The van der Waals surface area contributed by atoms with Crippen LogP contribution in [0.1, 0.15) is 65.2 Å². The van der Waals surface area contributed by atoms with E-state index < -0.39 is 0 Å². The molecule has 1 saturated carbocycles. The van der Waals surface area contributed by atoms with E-state index in [1.165, 1.54) is 57.9 Å². The average Bonchev–Trinajstić information content (AvgIpc) is 2.35. The Kier molecular flexibility index (Phi) is 8.72. The summed E-state index contributed by atoms with van der Waals surface area (Å²) in [5.41, 5.74) is 0. The lowest BCUT2D eigenvalue weighted by atomic mass is 9.88. The quantitative estimate of drug-likeness (QED) is 0.621. The van der Waals surface area contributed by atoms with Crippen molar-refractivity contribution >= 4 is 0 Å². The highest BCUT2D eigenvalue weighted by Crippen LogP contribution is 2.26. The van der Waals surface area contributed by atoms with Crippen molar-refractivity contribution in [3.63, 3.8) is 0 Å². The molecule has 1 aliphatic rings. The maximum atomic E-state index is 6.00. The standard InChI is InChI=1S/C15H31NO/c1-3-11-16-12-7-4-8-13-17-15-10-6-5-9-14(15)2/h14-16H,3-13H2,1-2H3. The highest BCUT2D eigenvalue weighted by Gasteiger charge is 2.21. The van der Waals surface area contributed by atoms with Crippen molar-refractivity contribution in [3.8, 4) is 0 Å². The molecule has 0 spiro atoms. The molecule has 0 radical (unpaired) electrons. The van der Waals surface area contributed by atoms with E-state index in [9.17, 15) is 0 Å². The Morgan fingerprint density at radius 2 is 1.88 bits per heavy atom. The van der Waals surface area contributed by atoms with Gasteiger partial charge in [0, 0.05) is 6.61 Å². The van der Waals surface area contributed by atoms with Crippen LogP contribution in [-0.2, 0) is 4.74 Å². The predicted molar refractivity (Wildman–Crippen MR) is 74.4 cm³/mol. The molecular formula is C15H31NO. The highest BCUT2D eigenvalue weighted by atomic mass is 16.5. The van der Waals surface area contributed by atoms with Gasteiger partial charge in [-0.3, -0.25) is 0 Å².